The van der Waals surface area contributed by atoms with Gasteiger partial charge in [-0.25, -0.2) is 4.79 Å². The van der Waals surface area contributed by atoms with Crippen molar-refractivity contribution in [1.29, 1.82) is 0 Å². The van der Waals surface area contributed by atoms with E-state index in [0.717, 1.165) is 109 Å². The van der Waals surface area contributed by atoms with Gasteiger partial charge in [-0.15, -0.1) is 0 Å². The van der Waals surface area contributed by atoms with Crippen LogP contribution in [0.2, 0.25) is 0 Å². The summed E-state index contributed by atoms with van der Waals surface area (Å²) in [6, 6.07) is -0.867. The molecule has 0 rings (SSSR count). The molecule has 4 N–H and O–H groups in total. The van der Waals surface area contributed by atoms with E-state index in [4.69, 9.17) is 10.5 Å². The van der Waals surface area contributed by atoms with E-state index in [1.165, 1.54) is 51.4 Å². The van der Waals surface area contributed by atoms with Crippen molar-refractivity contribution in [2.75, 3.05) is 6.54 Å². The Morgan fingerprint density at radius 2 is 1.02 bits per heavy atom. The normalized spacial score (nSPS) is 13.3. The van der Waals surface area contributed by atoms with Gasteiger partial charge in [0.15, 0.2) is 0 Å². The quantitative estimate of drug-likeness (QED) is 0.0324. The smallest absolute Gasteiger partial charge is 0.326 e. The molecule has 0 aliphatic heterocycles. The fourth-order valence-corrected chi connectivity index (χ4v) is 6.37. The molecule has 0 aromatic rings. The first-order valence-electron chi connectivity index (χ1n) is 22.8. The van der Waals surface area contributed by atoms with Gasteiger partial charge in [-0.05, 0) is 116 Å². The van der Waals surface area contributed by atoms with E-state index in [0.29, 0.717) is 32.2 Å². The Balaban J connectivity index is 4.48. The lowest BCUT2D eigenvalue weighted by atomic mass is 10.0. The summed E-state index contributed by atoms with van der Waals surface area (Å²) in [5, 5.41) is 11.9. The minimum absolute atomic E-state index is 0.0513. The molecular formula is C49H84N2O5. The molecule has 7 nitrogen and oxygen atoms in total. The van der Waals surface area contributed by atoms with E-state index in [1.807, 2.05) is 0 Å². The van der Waals surface area contributed by atoms with Crippen molar-refractivity contribution in [1.82, 2.24) is 5.32 Å². The van der Waals surface area contributed by atoms with Gasteiger partial charge in [-0.1, -0.05) is 151 Å². The average molecular weight is 781 g/mol. The van der Waals surface area contributed by atoms with E-state index >= 15 is 0 Å². The SMILES string of the molecule is CC/C=C\C/C=C\C/C=C\C/C=C\C/C=C\CCCC(=O)OC(CCC/C=C\CCCCCCCCCC)CCCCCCCC(=O)NC(CCCN)C(=O)O. The van der Waals surface area contributed by atoms with Crippen LogP contribution in [-0.2, 0) is 19.1 Å². The second kappa shape index (κ2) is 42.9. The first kappa shape index (κ1) is 52.8. The molecule has 320 valence electrons. The molecule has 0 saturated heterocycles. The second-order valence-electron chi connectivity index (χ2n) is 15.1. The third kappa shape index (κ3) is 39.1. The van der Waals surface area contributed by atoms with Gasteiger partial charge in [0, 0.05) is 12.8 Å². The summed E-state index contributed by atoms with van der Waals surface area (Å²) >= 11 is 0. The summed E-state index contributed by atoms with van der Waals surface area (Å²) in [7, 11) is 0. The molecular weight excluding hydrogens is 697 g/mol. The molecule has 0 heterocycles. The van der Waals surface area contributed by atoms with Crippen LogP contribution in [0.4, 0.5) is 0 Å². The van der Waals surface area contributed by atoms with Gasteiger partial charge in [-0.2, -0.15) is 0 Å². The molecule has 0 radical (unpaired) electrons. The second-order valence-corrected chi connectivity index (χ2v) is 15.1. The Kier molecular flexibility index (Phi) is 40.5. The van der Waals surface area contributed by atoms with Crippen molar-refractivity contribution in [3.63, 3.8) is 0 Å². The number of carboxylic acids is 1. The lowest BCUT2D eigenvalue weighted by Crippen LogP contribution is -2.40. The first-order chi connectivity index (χ1) is 27.4. The molecule has 0 saturated carbocycles. The number of aliphatic carboxylic acids is 1. The molecule has 2 unspecified atom stereocenters. The van der Waals surface area contributed by atoms with Crippen molar-refractivity contribution in [2.24, 2.45) is 5.73 Å². The van der Waals surface area contributed by atoms with Gasteiger partial charge in [0.1, 0.15) is 12.1 Å². The molecule has 56 heavy (non-hydrogen) atoms. The number of nitrogens with two attached hydrogens (primary N) is 1. The molecule has 0 spiro atoms. The van der Waals surface area contributed by atoms with E-state index < -0.39 is 12.0 Å². The van der Waals surface area contributed by atoms with Crippen LogP contribution in [0.25, 0.3) is 0 Å². The van der Waals surface area contributed by atoms with Crippen LogP contribution in [0.1, 0.15) is 200 Å². The predicted molar refractivity (Wildman–Crippen MR) is 239 cm³/mol. The number of carboxylic acid groups (broad SMARTS) is 1. The van der Waals surface area contributed by atoms with Crippen molar-refractivity contribution >= 4 is 17.8 Å². The average Bonchev–Trinajstić information content (AvgIpc) is 3.18. The minimum atomic E-state index is -1.01. The molecule has 0 aromatic heterocycles. The first-order valence-corrected chi connectivity index (χ1v) is 22.8. The molecule has 0 fully saturated rings. The lowest BCUT2D eigenvalue weighted by molar-refractivity contribution is -0.150. The van der Waals surface area contributed by atoms with Crippen LogP contribution in [0.15, 0.2) is 72.9 Å². The van der Waals surface area contributed by atoms with Crippen molar-refractivity contribution in [3.05, 3.63) is 72.9 Å². The molecule has 0 aliphatic rings. The largest absolute Gasteiger partial charge is 0.480 e. The van der Waals surface area contributed by atoms with E-state index in [2.05, 4.69) is 92.1 Å². The third-order valence-electron chi connectivity index (χ3n) is 9.76. The van der Waals surface area contributed by atoms with E-state index in [-0.39, 0.29) is 18.0 Å². The fourth-order valence-electron chi connectivity index (χ4n) is 6.37. The number of carbonyl (C=O) groups is 3. The lowest BCUT2D eigenvalue weighted by Gasteiger charge is -2.18. The van der Waals surface area contributed by atoms with Crippen LogP contribution in [0.5, 0.6) is 0 Å². The van der Waals surface area contributed by atoms with Crippen molar-refractivity contribution < 1.29 is 24.2 Å². The number of rotatable bonds is 40. The number of ether oxygens (including phenoxy) is 1. The third-order valence-corrected chi connectivity index (χ3v) is 9.76. The van der Waals surface area contributed by atoms with Crippen molar-refractivity contribution in [2.45, 2.75) is 212 Å². The highest BCUT2D eigenvalue weighted by atomic mass is 16.5. The number of amides is 1. The van der Waals surface area contributed by atoms with Gasteiger partial charge >= 0.3 is 11.9 Å². The van der Waals surface area contributed by atoms with Gasteiger partial charge in [0.2, 0.25) is 5.91 Å². The Morgan fingerprint density at radius 3 is 1.61 bits per heavy atom. The molecule has 0 aliphatic carbocycles. The molecule has 0 aromatic carbocycles. The number of hydrogen-bond donors (Lipinski definition) is 3. The Morgan fingerprint density at radius 1 is 0.536 bits per heavy atom. The van der Waals surface area contributed by atoms with Crippen LogP contribution in [0, 0.1) is 0 Å². The molecule has 1 amide bonds. The minimum Gasteiger partial charge on any atom is -0.480 e. The summed E-state index contributed by atoms with van der Waals surface area (Å²) < 4.78 is 6.01. The zero-order valence-electron chi connectivity index (χ0n) is 36.0. The zero-order valence-corrected chi connectivity index (χ0v) is 36.0. The summed E-state index contributed by atoms with van der Waals surface area (Å²) in [5.41, 5.74) is 5.49. The summed E-state index contributed by atoms with van der Waals surface area (Å²) in [6.45, 7) is 4.82. The number of esters is 1. The number of allylic oxidation sites excluding steroid dienone is 12. The Labute approximate surface area is 343 Å². The van der Waals surface area contributed by atoms with E-state index in [1.54, 1.807) is 0 Å². The summed E-state index contributed by atoms with van der Waals surface area (Å²) in [6.07, 6.45) is 55.2. The van der Waals surface area contributed by atoms with Crippen LogP contribution in [-0.4, -0.2) is 41.6 Å². The fraction of sp³-hybridized carbons (Fsp3) is 0.694. The van der Waals surface area contributed by atoms with Gasteiger partial charge in [0.25, 0.3) is 0 Å². The number of nitrogens with one attached hydrogen (secondary N) is 1. The summed E-state index contributed by atoms with van der Waals surface area (Å²) in [5.74, 6) is -1.32. The van der Waals surface area contributed by atoms with E-state index in [9.17, 15) is 19.5 Å². The molecule has 0 bridgehead atoms. The number of unbranched alkanes of at least 4 members (excludes halogenated alkanes) is 14. The van der Waals surface area contributed by atoms with Gasteiger partial charge < -0.3 is 20.9 Å². The highest BCUT2D eigenvalue weighted by Gasteiger charge is 2.19. The summed E-state index contributed by atoms with van der Waals surface area (Å²) in [4.78, 5) is 36.4. The van der Waals surface area contributed by atoms with Crippen molar-refractivity contribution in [3.8, 4) is 0 Å². The maximum atomic E-state index is 12.8. The predicted octanol–water partition coefficient (Wildman–Crippen LogP) is 13.1. The number of hydrogen-bond acceptors (Lipinski definition) is 5. The van der Waals surface area contributed by atoms with Gasteiger partial charge in [-0.3, -0.25) is 9.59 Å². The standard InChI is InChI=1S/C49H84N2O5/c1-3-5-7-9-11-13-15-17-18-19-20-22-24-26-28-33-37-43-48(53)56-45(39-34-30-27-25-23-21-16-14-12-10-8-6-4-2)40-35-31-29-32-36-42-47(52)51-46(49(54)55)41-38-44-50/h5,7,11,13,17-18,20,22,25-28,45-46H,3-4,6,8-10,12,14-16,19,21,23-24,29-44,50H2,1-2H3,(H,51,52)(H,54,55)/b7-5-,13-11-,18-17-,22-20-,27-25-,28-26-. The van der Waals surface area contributed by atoms with Crippen LogP contribution >= 0.6 is 0 Å². The maximum absolute atomic E-state index is 12.8. The van der Waals surface area contributed by atoms with Crippen LogP contribution in [0.3, 0.4) is 0 Å². The molecule has 2 atom stereocenters. The monoisotopic (exact) mass is 781 g/mol. The number of carbonyl (C=O) groups excluding carboxylic acids is 2. The van der Waals surface area contributed by atoms with Gasteiger partial charge in [0.05, 0.1) is 0 Å². The zero-order chi connectivity index (χ0) is 41.0. The Bertz CT molecular complexity index is 1110. The highest BCUT2D eigenvalue weighted by molar-refractivity contribution is 5.83. The Hall–Kier alpha value is -3.19. The maximum Gasteiger partial charge on any atom is 0.326 e. The molecule has 7 heteroatoms. The topological polar surface area (TPSA) is 119 Å². The van der Waals surface area contributed by atoms with Crippen LogP contribution < -0.4 is 11.1 Å². The highest BCUT2D eigenvalue weighted by Crippen LogP contribution is 2.17.